The first-order chi connectivity index (χ1) is 29.2. The molecule has 1 aliphatic rings. The zero-order valence-corrected chi connectivity index (χ0v) is 39.8. The molecule has 1 aromatic rings. The maximum Gasteiger partial charge on any atom is 0.334 e. The van der Waals surface area contributed by atoms with Crippen LogP contribution in [0.1, 0.15) is 101 Å². The van der Waals surface area contributed by atoms with Crippen LogP contribution >= 0.6 is 11.8 Å². The quantitative estimate of drug-likeness (QED) is 0.159. The van der Waals surface area contributed by atoms with Gasteiger partial charge in [-0.3, -0.25) is 24.0 Å². The molecule has 0 saturated heterocycles. The van der Waals surface area contributed by atoms with Crippen molar-refractivity contribution >= 4 is 53.2 Å². The van der Waals surface area contributed by atoms with Gasteiger partial charge in [-0.15, -0.1) is 11.8 Å². The summed E-state index contributed by atoms with van der Waals surface area (Å²) in [4.78, 5) is 99.0. The molecule has 16 heteroatoms. The molecule has 0 fully saturated rings. The Kier molecular flexibility index (Phi) is 24.6. The summed E-state index contributed by atoms with van der Waals surface area (Å²) in [7, 11) is 2.88. The summed E-state index contributed by atoms with van der Waals surface area (Å²) in [6.07, 6.45) is 3.83. The number of nitrogens with one attached hydrogen (secondary N) is 3. The summed E-state index contributed by atoms with van der Waals surface area (Å²) in [5.41, 5.74) is 1.71. The van der Waals surface area contributed by atoms with E-state index in [1.165, 1.54) is 49.5 Å². The minimum absolute atomic E-state index is 0. The summed E-state index contributed by atoms with van der Waals surface area (Å²) in [5, 5.41) is 8.17. The third-order valence-electron chi connectivity index (χ3n) is 11.2. The number of hydrogen-bond donors (Lipinski definition) is 3. The lowest BCUT2D eigenvalue weighted by Crippen LogP contribution is -2.57. The van der Waals surface area contributed by atoms with Gasteiger partial charge in [0, 0.05) is 32.0 Å². The van der Waals surface area contributed by atoms with E-state index in [0.717, 1.165) is 11.1 Å². The number of esters is 2. The first kappa shape index (κ1) is 56.3. The van der Waals surface area contributed by atoms with Crippen molar-refractivity contribution in [3.8, 4) is 0 Å². The van der Waals surface area contributed by atoms with Gasteiger partial charge in [0.2, 0.25) is 23.6 Å². The maximum atomic E-state index is 14.2. The fourth-order valence-electron chi connectivity index (χ4n) is 6.91. The molecule has 1 unspecified atom stereocenters. The maximum absolute atomic E-state index is 14.2. The highest BCUT2D eigenvalue weighted by molar-refractivity contribution is 7.98. The number of hydrogen-bond acceptors (Lipinski definition) is 11. The zero-order chi connectivity index (χ0) is 46.8. The molecule has 1 aliphatic heterocycles. The number of ether oxygens (including phenoxy) is 3. The van der Waals surface area contributed by atoms with Crippen LogP contribution < -0.4 is 16.0 Å². The van der Waals surface area contributed by atoms with E-state index in [1.54, 1.807) is 32.1 Å². The molecule has 5 amide bonds. The van der Waals surface area contributed by atoms with Crippen molar-refractivity contribution < 1.29 is 47.8 Å². The number of allylic oxidation sites excluding steroid dienone is 1. The van der Waals surface area contributed by atoms with Gasteiger partial charge in [-0.1, -0.05) is 91.0 Å². The Morgan fingerprint density at radius 1 is 0.921 bits per heavy atom. The van der Waals surface area contributed by atoms with Crippen LogP contribution in [0.5, 0.6) is 0 Å². The van der Waals surface area contributed by atoms with Crippen molar-refractivity contribution in [2.75, 3.05) is 32.8 Å². The van der Waals surface area contributed by atoms with Gasteiger partial charge >= 0.3 is 11.9 Å². The van der Waals surface area contributed by atoms with Crippen LogP contribution in [-0.2, 0) is 54.2 Å². The van der Waals surface area contributed by atoms with Gasteiger partial charge in [-0.25, -0.2) is 9.59 Å². The van der Waals surface area contributed by atoms with E-state index in [2.05, 4.69) is 16.0 Å². The average molecular weight is 902 g/mol. The van der Waals surface area contributed by atoms with Gasteiger partial charge in [0.05, 0.1) is 18.6 Å². The number of benzene rings is 1. The van der Waals surface area contributed by atoms with Gasteiger partial charge in [0.25, 0.3) is 5.91 Å². The Labute approximate surface area is 380 Å². The topological polar surface area (TPSA) is 190 Å². The SMILES string of the molecule is C.C/C=C(\C)[C@H]1OC(=O)[C@@H](C)NC(=O)[C@H](C(C)CC)NC(=O)CN(C)C(=O)[C@@H](Cc2ccccc2)N(C)C(=O)[C@H](C)NC(=O)[C@@H](CC(C)C)OC(=O)/C(C)=C/C[C@@H](OCSC)[C@H]1C. The van der Waals surface area contributed by atoms with Crippen molar-refractivity contribution in [3.05, 3.63) is 59.2 Å². The smallest absolute Gasteiger partial charge is 0.334 e. The van der Waals surface area contributed by atoms with E-state index < -0.39 is 96.4 Å². The average Bonchev–Trinajstić information content (AvgIpc) is 3.24. The Morgan fingerprint density at radius 3 is 2.11 bits per heavy atom. The second-order valence-electron chi connectivity index (χ2n) is 16.7. The van der Waals surface area contributed by atoms with Crippen LogP contribution in [0.25, 0.3) is 0 Å². The van der Waals surface area contributed by atoms with Gasteiger partial charge in [-0.05, 0) is 76.7 Å². The second-order valence-corrected chi connectivity index (χ2v) is 17.6. The molecule has 0 saturated carbocycles. The summed E-state index contributed by atoms with van der Waals surface area (Å²) in [5.74, 6) is -5.02. The second kappa shape index (κ2) is 27.5. The number of amides is 5. The molecule has 0 spiro atoms. The Balaban J connectivity index is 0.0000198. The van der Waals surface area contributed by atoms with Crippen molar-refractivity contribution in [3.63, 3.8) is 0 Å². The van der Waals surface area contributed by atoms with Crippen molar-refractivity contribution in [2.45, 2.75) is 145 Å². The molecule has 1 heterocycles. The minimum Gasteiger partial charge on any atom is -0.456 e. The largest absolute Gasteiger partial charge is 0.456 e. The predicted molar refractivity (Wildman–Crippen MR) is 247 cm³/mol. The van der Waals surface area contributed by atoms with E-state index in [0.29, 0.717) is 12.4 Å². The molecule has 0 aliphatic carbocycles. The highest BCUT2D eigenvalue weighted by atomic mass is 32.2. The number of carbonyl (C=O) groups is 7. The van der Waals surface area contributed by atoms with Gasteiger partial charge in [0.15, 0.2) is 6.10 Å². The highest BCUT2D eigenvalue weighted by Crippen LogP contribution is 2.26. The summed E-state index contributed by atoms with van der Waals surface area (Å²) in [6, 6.07) is 4.65. The zero-order valence-electron chi connectivity index (χ0n) is 38.9. The number of nitrogens with zero attached hydrogens (tertiary/aromatic N) is 2. The number of thioether (sulfide) groups is 1. The molecule has 354 valence electrons. The molecule has 63 heavy (non-hydrogen) atoms. The summed E-state index contributed by atoms with van der Waals surface area (Å²) >= 11 is 1.46. The molecule has 0 aromatic heterocycles. The lowest BCUT2D eigenvalue weighted by Gasteiger charge is -2.33. The minimum atomic E-state index is -1.23. The Bertz CT molecular complexity index is 1750. The molecule has 3 N–H and O–H groups in total. The van der Waals surface area contributed by atoms with E-state index >= 15 is 0 Å². The van der Waals surface area contributed by atoms with Crippen LogP contribution in [0, 0.1) is 17.8 Å². The molecule has 9 atom stereocenters. The summed E-state index contributed by atoms with van der Waals surface area (Å²) < 4.78 is 18.1. The first-order valence-corrected chi connectivity index (χ1v) is 22.8. The fourth-order valence-corrected chi connectivity index (χ4v) is 7.22. The highest BCUT2D eigenvalue weighted by Gasteiger charge is 2.37. The standard InChI is InChI=1S/C46H71N5O10S.CH4/c1-14-28(5)39-42(54)48-33(10)46(58)61-40(29(6)15-2)31(8)36(59-26-62-13)22-21-30(7)45(57)60-37(23-27(3)4)41(53)47-32(9)43(55)51(12)35(24-34-19-17-16-18-20-34)44(56)50(11)25-38(52)49-39;/h15-21,27-28,31-33,35-37,39-40H,14,22-26H2,1-13H3,(H,47,53)(H,48,54)(H,49,52);1H4/b29-15+,30-21+;/t28?,31-,32+,33-,35-,36-,37-,39+,40-;/m1./s1. The number of likely N-dealkylation sites (N-methyl/N-ethyl adjacent to an activating group) is 2. The van der Waals surface area contributed by atoms with Crippen LogP contribution in [-0.4, -0.2) is 127 Å². The van der Waals surface area contributed by atoms with Gasteiger partial charge in [-0.2, -0.15) is 0 Å². The van der Waals surface area contributed by atoms with Crippen LogP contribution in [0.4, 0.5) is 0 Å². The molecule has 2 rings (SSSR count). The molecular formula is C47H75N5O10S. The van der Waals surface area contributed by atoms with Crippen molar-refractivity contribution in [1.82, 2.24) is 25.8 Å². The third kappa shape index (κ3) is 17.4. The number of carbonyl (C=O) groups excluding carboxylic acids is 7. The van der Waals surface area contributed by atoms with E-state index in [1.807, 2.05) is 72.1 Å². The lowest BCUT2D eigenvalue weighted by molar-refractivity contribution is -0.155. The van der Waals surface area contributed by atoms with Crippen LogP contribution in [0.2, 0.25) is 0 Å². The monoisotopic (exact) mass is 902 g/mol. The summed E-state index contributed by atoms with van der Waals surface area (Å²) in [6.45, 7) is 17.1. The van der Waals surface area contributed by atoms with Gasteiger partial charge < -0.3 is 40.0 Å². The lowest BCUT2D eigenvalue weighted by atomic mass is 9.90. The fraction of sp³-hybridized carbons (Fsp3) is 0.638. The van der Waals surface area contributed by atoms with E-state index in [-0.39, 0.29) is 44.1 Å². The molecule has 0 radical (unpaired) electrons. The first-order valence-electron chi connectivity index (χ1n) is 21.4. The molecule has 15 nitrogen and oxygen atoms in total. The molecule has 0 bridgehead atoms. The van der Waals surface area contributed by atoms with Crippen LogP contribution in [0.15, 0.2) is 53.6 Å². The van der Waals surface area contributed by atoms with Gasteiger partial charge in [0.1, 0.15) is 30.3 Å². The van der Waals surface area contributed by atoms with Crippen molar-refractivity contribution in [1.29, 1.82) is 0 Å². The Morgan fingerprint density at radius 2 is 1.54 bits per heavy atom. The van der Waals surface area contributed by atoms with Crippen LogP contribution in [0.3, 0.4) is 0 Å². The molecule has 1 aromatic carbocycles. The Hall–Kier alpha value is -4.70. The third-order valence-corrected chi connectivity index (χ3v) is 11.6. The van der Waals surface area contributed by atoms with E-state index in [4.69, 9.17) is 14.2 Å². The number of cyclic esters (lactones) is 2. The predicted octanol–water partition coefficient (Wildman–Crippen LogP) is 5.22. The number of rotatable bonds is 10. The normalized spacial score (nSPS) is 27.6. The van der Waals surface area contributed by atoms with Crippen molar-refractivity contribution in [2.24, 2.45) is 17.8 Å². The molecular weight excluding hydrogens is 827 g/mol. The van der Waals surface area contributed by atoms with E-state index in [9.17, 15) is 33.6 Å².